The topological polar surface area (TPSA) is 23.5 Å². The van der Waals surface area contributed by atoms with Crippen LogP contribution in [-0.2, 0) is 0 Å². The van der Waals surface area contributed by atoms with E-state index in [1.165, 1.54) is 6.07 Å². The molecule has 0 fully saturated rings. The lowest BCUT2D eigenvalue weighted by Crippen LogP contribution is -2.20. The van der Waals surface area contributed by atoms with Crippen LogP contribution in [0.2, 0.25) is 0 Å². The van der Waals surface area contributed by atoms with Gasteiger partial charge in [-0.15, -0.1) is 0 Å². The fourth-order valence-electron chi connectivity index (χ4n) is 1.51. The van der Waals surface area contributed by atoms with E-state index in [1.54, 1.807) is 19.1 Å². The zero-order chi connectivity index (χ0) is 11.3. The van der Waals surface area contributed by atoms with E-state index in [0.29, 0.717) is 5.69 Å². The minimum Gasteiger partial charge on any atom is -0.393 e. The molecule has 1 aromatic carbocycles. The number of aliphatic hydroxyl groups excluding tert-OH is 1. The van der Waals surface area contributed by atoms with Gasteiger partial charge in [0.1, 0.15) is 5.82 Å². The number of benzene rings is 1. The Hall–Kier alpha value is -1.09. The maximum absolute atomic E-state index is 13.3. The molecular weight excluding hydrogens is 193 g/mol. The molecule has 0 amide bonds. The van der Waals surface area contributed by atoms with Crippen molar-refractivity contribution in [2.45, 2.75) is 25.9 Å². The Labute approximate surface area is 90.3 Å². The second kappa shape index (κ2) is 5.71. The summed E-state index contributed by atoms with van der Waals surface area (Å²) >= 11 is 0. The molecule has 15 heavy (non-hydrogen) atoms. The number of hydrogen-bond donors (Lipinski definition) is 1. The van der Waals surface area contributed by atoms with Gasteiger partial charge in [0.05, 0.1) is 11.8 Å². The van der Waals surface area contributed by atoms with Crippen molar-refractivity contribution in [2.24, 2.45) is 0 Å². The smallest absolute Gasteiger partial charge is 0.146 e. The van der Waals surface area contributed by atoms with Gasteiger partial charge in [0.25, 0.3) is 0 Å². The van der Waals surface area contributed by atoms with Gasteiger partial charge in [0.2, 0.25) is 0 Å². The monoisotopic (exact) mass is 211 g/mol. The predicted octanol–water partition coefficient (Wildman–Crippen LogP) is 2.42. The molecule has 3 heteroatoms. The number of hydrogen-bond acceptors (Lipinski definition) is 2. The summed E-state index contributed by atoms with van der Waals surface area (Å²) in [6, 6.07) is 6.73. The van der Waals surface area contributed by atoms with Crippen molar-refractivity contribution < 1.29 is 9.50 Å². The summed E-state index contributed by atoms with van der Waals surface area (Å²) in [5, 5.41) is 9.10. The van der Waals surface area contributed by atoms with Crippen LogP contribution in [0.3, 0.4) is 0 Å². The molecule has 1 atom stereocenters. The Morgan fingerprint density at radius 1 is 1.40 bits per heavy atom. The highest BCUT2D eigenvalue weighted by Gasteiger charge is 2.06. The highest BCUT2D eigenvalue weighted by molar-refractivity contribution is 5.46. The molecule has 1 aromatic rings. The number of halogens is 1. The van der Waals surface area contributed by atoms with E-state index < -0.39 is 0 Å². The Bertz CT molecular complexity index is 301. The molecule has 0 saturated heterocycles. The molecule has 84 valence electrons. The van der Waals surface area contributed by atoms with Crippen molar-refractivity contribution in [3.05, 3.63) is 30.1 Å². The first-order chi connectivity index (χ1) is 7.11. The Morgan fingerprint density at radius 3 is 2.67 bits per heavy atom. The number of aliphatic hydroxyl groups is 1. The minimum absolute atomic E-state index is 0.197. The molecule has 0 bridgehead atoms. The molecule has 0 aliphatic rings. The van der Waals surface area contributed by atoms with Crippen LogP contribution >= 0.6 is 0 Å². The van der Waals surface area contributed by atoms with Gasteiger partial charge in [-0.1, -0.05) is 12.1 Å². The summed E-state index contributed by atoms with van der Waals surface area (Å²) in [5.41, 5.74) is 0.614. The fraction of sp³-hybridized carbons (Fsp3) is 0.500. The molecule has 2 nitrogen and oxygen atoms in total. The van der Waals surface area contributed by atoms with E-state index in [1.807, 2.05) is 18.0 Å². The van der Waals surface area contributed by atoms with Crippen LogP contribution in [0, 0.1) is 5.82 Å². The molecule has 1 unspecified atom stereocenters. The first-order valence-electron chi connectivity index (χ1n) is 5.25. The average molecular weight is 211 g/mol. The van der Waals surface area contributed by atoms with Crippen molar-refractivity contribution in [1.82, 2.24) is 0 Å². The lowest BCUT2D eigenvalue weighted by Gasteiger charge is -2.20. The molecular formula is C12H18FNO. The van der Waals surface area contributed by atoms with Crippen molar-refractivity contribution in [2.75, 3.05) is 18.5 Å². The van der Waals surface area contributed by atoms with E-state index >= 15 is 0 Å². The van der Waals surface area contributed by atoms with Gasteiger partial charge >= 0.3 is 0 Å². The van der Waals surface area contributed by atoms with Gasteiger partial charge in [-0.2, -0.15) is 0 Å². The quantitative estimate of drug-likeness (QED) is 0.808. The number of nitrogens with zero attached hydrogens (tertiary/aromatic N) is 1. The van der Waals surface area contributed by atoms with Crippen LogP contribution in [0.4, 0.5) is 10.1 Å². The molecule has 0 aromatic heterocycles. The van der Waals surface area contributed by atoms with Gasteiger partial charge in [0, 0.05) is 13.6 Å². The lowest BCUT2D eigenvalue weighted by atomic mass is 10.2. The fourth-order valence-corrected chi connectivity index (χ4v) is 1.51. The second-order valence-corrected chi connectivity index (χ2v) is 3.86. The second-order valence-electron chi connectivity index (χ2n) is 3.86. The van der Waals surface area contributed by atoms with E-state index in [-0.39, 0.29) is 11.9 Å². The predicted molar refractivity (Wildman–Crippen MR) is 60.6 cm³/mol. The number of anilines is 1. The van der Waals surface area contributed by atoms with Crippen molar-refractivity contribution in [1.29, 1.82) is 0 Å². The van der Waals surface area contributed by atoms with Crippen LogP contribution in [0.1, 0.15) is 19.8 Å². The maximum atomic E-state index is 13.3. The van der Waals surface area contributed by atoms with E-state index in [4.69, 9.17) is 5.11 Å². The maximum Gasteiger partial charge on any atom is 0.146 e. The SMILES string of the molecule is CC(O)CCCN(C)c1ccccc1F. The first kappa shape index (κ1) is 12.0. The average Bonchev–Trinajstić information content (AvgIpc) is 2.17. The first-order valence-corrected chi connectivity index (χ1v) is 5.25. The Kier molecular flexibility index (Phi) is 4.56. The largest absolute Gasteiger partial charge is 0.393 e. The third-order valence-corrected chi connectivity index (χ3v) is 2.38. The molecule has 0 aliphatic carbocycles. The Morgan fingerprint density at radius 2 is 2.07 bits per heavy atom. The van der Waals surface area contributed by atoms with Crippen molar-refractivity contribution >= 4 is 5.69 Å². The van der Waals surface area contributed by atoms with Gasteiger partial charge in [-0.25, -0.2) is 4.39 Å². The van der Waals surface area contributed by atoms with E-state index in [0.717, 1.165) is 19.4 Å². The summed E-state index contributed by atoms with van der Waals surface area (Å²) in [6.45, 7) is 2.52. The highest BCUT2D eigenvalue weighted by Crippen LogP contribution is 2.17. The highest BCUT2D eigenvalue weighted by atomic mass is 19.1. The number of para-hydroxylation sites is 1. The van der Waals surface area contributed by atoms with E-state index in [9.17, 15) is 4.39 Å². The van der Waals surface area contributed by atoms with Gasteiger partial charge in [-0.3, -0.25) is 0 Å². The van der Waals surface area contributed by atoms with Crippen LogP contribution in [0.15, 0.2) is 24.3 Å². The van der Waals surface area contributed by atoms with Crippen LogP contribution in [0.5, 0.6) is 0 Å². The molecule has 0 spiro atoms. The third kappa shape index (κ3) is 3.88. The third-order valence-electron chi connectivity index (χ3n) is 2.38. The number of rotatable bonds is 5. The van der Waals surface area contributed by atoms with Crippen molar-refractivity contribution in [3.63, 3.8) is 0 Å². The lowest BCUT2D eigenvalue weighted by molar-refractivity contribution is 0.182. The van der Waals surface area contributed by atoms with Crippen LogP contribution in [-0.4, -0.2) is 24.8 Å². The normalized spacial score (nSPS) is 12.5. The van der Waals surface area contributed by atoms with Gasteiger partial charge < -0.3 is 10.0 Å². The van der Waals surface area contributed by atoms with Crippen LogP contribution in [0.25, 0.3) is 0 Å². The summed E-state index contributed by atoms with van der Waals surface area (Å²) in [6.07, 6.45) is 1.33. The zero-order valence-corrected chi connectivity index (χ0v) is 9.28. The summed E-state index contributed by atoms with van der Waals surface area (Å²) in [7, 11) is 1.86. The molecule has 1 rings (SSSR count). The standard InChI is InChI=1S/C12H18FNO/c1-10(15)6-5-9-14(2)12-8-4-3-7-11(12)13/h3-4,7-8,10,15H,5-6,9H2,1-2H3. The summed E-state index contributed by atoms with van der Waals surface area (Å²) in [5.74, 6) is -0.197. The summed E-state index contributed by atoms with van der Waals surface area (Å²) < 4.78 is 13.3. The molecule has 1 N–H and O–H groups in total. The van der Waals surface area contributed by atoms with Gasteiger partial charge in [0.15, 0.2) is 0 Å². The van der Waals surface area contributed by atoms with Crippen LogP contribution < -0.4 is 4.90 Å². The molecule has 0 aliphatic heterocycles. The molecule has 0 saturated carbocycles. The summed E-state index contributed by atoms with van der Waals surface area (Å²) in [4.78, 5) is 1.87. The molecule has 0 radical (unpaired) electrons. The minimum atomic E-state index is -0.279. The molecule has 0 heterocycles. The van der Waals surface area contributed by atoms with Gasteiger partial charge in [-0.05, 0) is 31.9 Å². The Balaban J connectivity index is 2.47. The zero-order valence-electron chi connectivity index (χ0n) is 9.28. The van der Waals surface area contributed by atoms with Crippen molar-refractivity contribution in [3.8, 4) is 0 Å². The van der Waals surface area contributed by atoms with E-state index in [2.05, 4.69) is 0 Å².